The van der Waals surface area contributed by atoms with Crippen LogP contribution in [0.25, 0.3) is 10.2 Å². The molecule has 2 aromatic heterocycles. The molecule has 0 aliphatic heterocycles. The van der Waals surface area contributed by atoms with Crippen molar-refractivity contribution in [2.24, 2.45) is 0 Å². The van der Waals surface area contributed by atoms with Gasteiger partial charge in [0, 0.05) is 0 Å². The van der Waals surface area contributed by atoms with Crippen molar-refractivity contribution in [1.82, 2.24) is 9.55 Å². The minimum Gasteiger partial charge on any atom is -0.464 e. The van der Waals surface area contributed by atoms with Gasteiger partial charge in [0.25, 0.3) is 5.56 Å². The van der Waals surface area contributed by atoms with Gasteiger partial charge in [0.1, 0.15) is 15.7 Å². The Bertz CT molecular complexity index is 824. The molecule has 0 N–H and O–H groups in total. The first-order valence-electron chi connectivity index (χ1n) is 7.76. The number of hydrogen-bond acceptors (Lipinski definition) is 7. The lowest BCUT2D eigenvalue weighted by Crippen LogP contribution is -2.29. The first-order chi connectivity index (χ1) is 11.4. The van der Waals surface area contributed by atoms with Crippen molar-refractivity contribution in [2.45, 2.75) is 40.2 Å². The molecule has 0 aliphatic carbocycles. The molecule has 0 amide bonds. The van der Waals surface area contributed by atoms with Gasteiger partial charge in [-0.1, -0.05) is 6.92 Å². The fourth-order valence-electron chi connectivity index (χ4n) is 2.24. The molecular formula is C16H20N2O5S. The quantitative estimate of drug-likeness (QED) is 0.742. The minimum atomic E-state index is -0.786. The van der Waals surface area contributed by atoms with Gasteiger partial charge in [0.15, 0.2) is 0 Å². The summed E-state index contributed by atoms with van der Waals surface area (Å²) in [6, 6.07) is -0.786. The third-order valence-corrected chi connectivity index (χ3v) is 4.72. The highest BCUT2D eigenvalue weighted by Gasteiger charge is 2.23. The number of rotatable bonds is 6. The molecule has 1 atom stereocenters. The Labute approximate surface area is 143 Å². The van der Waals surface area contributed by atoms with Crippen LogP contribution in [-0.4, -0.2) is 34.7 Å². The second-order valence-corrected chi connectivity index (χ2v) is 6.26. The molecule has 0 radical (unpaired) electrons. The molecule has 130 valence electrons. The average Bonchev–Trinajstić information content (AvgIpc) is 2.90. The zero-order chi connectivity index (χ0) is 17.9. The number of esters is 2. The normalized spacial score (nSPS) is 12.2. The molecule has 0 spiro atoms. The standard InChI is InChI=1S/C16H20N2O5S/c1-5-7-23-15(20)10(4)18-8-17-13-11(14(18)19)9(3)12(24-13)16(21)22-6-2/h8,10H,5-7H2,1-4H3/t10-/m1/s1. The van der Waals surface area contributed by atoms with E-state index in [0.29, 0.717) is 33.7 Å². The van der Waals surface area contributed by atoms with Gasteiger partial charge in [0.2, 0.25) is 0 Å². The Hall–Kier alpha value is -2.22. The van der Waals surface area contributed by atoms with Crippen molar-refractivity contribution in [3.63, 3.8) is 0 Å². The fraction of sp³-hybridized carbons (Fsp3) is 0.500. The van der Waals surface area contributed by atoms with Crippen molar-refractivity contribution in [3.8, 4) is 0 Å². The van der Waals surface area contributed by atoms with Crippen molar-refractivity contribution >= 4 is 33.5 Å². The Balaban J connectivity index is 2.47. The maximum atomic E-state index is 12.7. The lowest BCUT2D eigenvalue weighted by atomic mass is 10.2. The van der Waals surface area contributed by atoms with Gasteiger partial charge in [-0.2, -0.15) is 0 Å². The smallest absolute Gasteiger partial charge is 0.348 e. The molecule has 0 aromatic carbocycles. The van der Waals surface area contributed by atoms with Crippen LogP contribution in [0.3, 0.4) is 0 Å². The van der Waals surface area contributed by atoms with Crippen LogP contribution in [0.4, 0.5) is 0 Å². The Morgan fingerprint density at radius 2 is 2.04 bits per heavy atom. The van der Waals surface area contributed by atoms with Crippen LogP contribution < -0.4 is 5.56 Å². The molecule has 0 saturated heterocycles. The van der Waals surface area contributed by atoms with Gasteiger partial charge in [-0.25, -0.2) is 14.6 Å². The Kier molecular flexibility index (Phi) is 5.71. The molecule has 24 heavy (non-hydrogen) atoms. The predicted molar refractivity (Wildman–Crippen MR) is 90.5 cm³/mol. The van der Waals surface area contributed by atoms with E-state index in [2.05, 4.69) is 4.98 Å². The van der Waals surface area contributed by atoms with Crippen molar-refractivity contribution in [1.29, 1.82) is 0 Å². The summed E-state index contributed by atoms with van der Waals surface area (Å²) in [6.45, 7) is 7.43. The van der Waals surface area contributed by atoms with Crippen molar-refractivity contribution in [3.05, 3.63) is 27.1 Å². The number of hydrogen-bond donors (Lipinski definition) is 0. The molecule has 0 fully saturated rings. The van der Waals surface area contributed by atoms with E-state index in [1.165, 1.54) is 10.9 Å². The highest BCUT2D eigenvalue weighted by Crippen LogP contribution is 2.27. The van der Waals surface area contributed by atoms with E-state index in [1.807, 2.05) is 6.92 Å². The van der Waals surface area contributed by atoms with E-state index in [-0.39, 0.29) is 12.2 Å². The van der Waals surface area contributed by atoms with E-state index in [0.717, 1.165) is 11.3 Å². The zero-order valence-corrected chi connectivity index (χ0v) is 14.9. The van der Waals surface area contributed by atoms with Gasteiger partial charge in [-0.05, 0) is 32.8 Å². The fourth-order valence-corrected chi connectivity index (χ4v) is 3.27. The molecule has 2 aromatic rings. The molecule has 0 aliphatic rings. The summed E-state index contributed by atoms with van der Waals surface area (Å²) >= 11 is 1.11. The van der Waals surface area contributed by atoms with Crippen LogP contribution in [0.1, 0.15) is 48.5 Å². The molecule has 2 heterocycles. The van der Waals surface area contributed by atoms with Crippen LogP contribution in [0.15, 0.2) is 11.1 Å². The second kappa shape index (κ2) is 7.57. The lowest BCUT2D eigenvalue weighted by Gasteiger charge is -2.13. The number of fused-ring (bicyclic) bond motifs is 1. The number of nitrogens with zero attached hydrogens (tertiary/aromatic N) is 2. The average molecular weight is 352 g/mol. The number of aryl methyl sites for hydroxylation is 1. The number of thiophene rings is 1. The first-order valence-corrected chi connectivity index (χ1v) is 8.57. The van der Waals surface area contributed by atoms with Gasteiger partial charge >= 0.3 is 11.9 Å². The van der Waals surface area contributed by atoms with Gasteiger partial charge in [0.05, 0.1) is 24.9 Å². The number of aromatic nitrogens is 2. The highest BCUT2D eigenvalue weighted by atomic mass is 32.1. The summed E-state index contributed by atoms with van der Waals surface area (Å²) in [5.41, 5.74) is 0.152. The largest absolute Gasteiger partial charge is 0.464 e. The van der Waals surface area contributed by atoms with E-state index in [9.17, 15) is 14.4 Å². The summed E-state index contributed by atoms with van der Waals surface area (Å²) in [7, 11) is 0. The van der Waals surface area contributed by atoms with Crippen LogP contribution in [0.5, 0.6) is 0 Å². The molecule has 0 bridgehead atoms. The molecule has 7 nitrogen and oxygen atoms in total. The van der Waals surface area contributed by atoms with Crippen LogP contribution in [0.2, 0.25) is 0 Å². The van der Waals surface area contributed by atoms with E-state index >= 15 is 0 Å². The molecule has 0 saturated carbocycles. The Morgan fingerprint density at radius 1 is 1.33 bits per heavy atom. The zero-order valence-electron chi connectivity index (χ0n) is 14.1. The van der Waals surface area contributed by atoms with Crippen LogP contribution in [-0.2, 0) is 14.3 Å². The van der Waals surface area contributed by atoms with Crippen LogP contribution in [0, 0.1) is 6.92 Å². The summed E-state index contributed by atoms with van der Waals surface area (Å²) in [6.07, 6.45) is 2.02. The maximum absolute atomic E-state index is 12.7. The van der Waals surface area contributed by atoms with Crippen molar-refractivity contribution < 1.29 is 19.1 Å². The van der Waals surface area contributed by atoms with E-state index < -0.39 is 18.0 Å². The topological polar surface area (TPSA) is 87.5 Å². The minimum absolute atomic E-state index is 0.254. The third kappa shape index (κ3) is 3.33. The summed E-state index contributed by atoms with van der Waals surface area (Å²) in [5, 5.41) is 0.334. The Morgan fingerprint density at radius 3 is 2.67 bits per heavy atom. The molecule has 2 rings (SSSR count). The number of ether oxygens (including phenoxy) is 2. The van der Waals surface area contributed by atoms with Gasteiger partial charge in [-0.15, -0.1) is 11.3 Å². The van der Waals surface area contributed by atoms with E-state index in [1.54, 1.807) is 20.8 Å². The summed E-state index contributed by atoms with van der Waals surface area (Å²) in [4.78, 5) is 41.7. The summed E-state index contributed by atoms with van der Waals surface area (Å²) < 4.78 is 11.3. The maximum Gasteiger partial charge on any atom is 0.348 e. The number of carbonyl (C=O) groups excluding carboxylic acids is 2. The second-order valence-electron chi connectivity index (χ2n) is 5.26. The highest BCUT2D eigenvalue weighted by molar-refractivity contribution is 7.20. The molecule has 8 heteroatoms. The van der Waals surface area contributed by atoms with Gasteiger partial charge in [-0.3, -0.25) is 9.36 Å². The number of carbonyl (C=O) groups is 2. The predicted octanol–water partition coefficient (Wildman–Crippen LogP) is 2.46. The summed E-state index contributed by atoms with van der Waals surface area (Å²) in [5.74, 6) is -0.960. The third-order valence-electron chi connectivity index (χ3n) is 3.54. The molecular weight excluding hydrogens is 332 g/mol. The van der Waals surface area contributed by atoms with Gasteiger partial charge < -0.3 is 9.47 Å². The van der Waals surface area contributed by atoms with Crippen LogP contribution >= 0.6 is 11.3 Å². The monoisotopic (exact) mass is 352 g/mol. The molecule has 0 unspecified atom stereocenters. The SMILES string of the molecule is CCCOC(=O)[C@@H](C)n1cnc2sc(C(=O)OCC)c(C)c2c1=O. The van der Waals surface area contributed by atoms with E-state index in [4.69, 9.17) is 9.47 Å². The first kappa shape index (κ1) is 18.1. The van der Waals surface area contributed by atoms with Crippen molar-refractivity contribution in [2.75, 3.05) is 13.2 Å². The lowest BCUT2D eigenvalue weighted by molar-refractivity contribution is -0.147.